The molecule has 1 aromatic carbocycles. The molecule has 8 heteroatoms. The lowest BCUT2D eigenvalue weighted by atomic mass is 10.3. The third-order valence-electron chi connectivity index (χ3n) is 3.07. The van der Waals surface area contributed by atoms with Crippen molar-refractivity contribution in [3.8, 4) is 0 Å². The topological polar surface area (TPSA) is 70.8 Å². The van der Waals surface area contributed by atoms with Crippen LogP contribution < -0.4 is 10.2 Å². The fourth-order valence-corrected chi connectivity index (χ4v) is 2.41. The number of benzene rings is 1. The Bertz CT molecular complexity index is 689. The van der Waals surface area contributed by atoms with Crippen molar-refractivity contribution >= 4 is 34.0 Å². The van der Waals surface area contributed by atoms with E-state index < -0.39 is 18.2 Å². The van der Waals surface area contributed by atoms with Gasteiger partial charge in [-0.1, -0.05) is 15.9 Å². The number of hydrogen-bond donors (Lipinski definition) is 2. The Kier molecular flexibility index (Phi) is 3.48. The molecule has 2 N–H and O–H groups in total. The summed E-state index contributed by atoms with van der Waals surface area (Å²) >= 11 is 3.18. The largest absolute Gasteiger partial charge is 0.464 e. The summed E-state index contributed by atoms with van der Waals surface area (Å²) in [6.07, 6.45) is 4.16. The molecule has 0 bridgehead atoms. The standard InChI is InChI=1S/C13H10BrFN4O2/c14-8-1-2-11(10(15)5-8)17-12-18(13(20)21)4-3-9-6-16-7-19(9)12/h1-7,12,17H,(H,20,21)/q+1. The molecule has 1 atom stereocenters. The number of rotatable bonds is 2. The van der Waals surface area contributed by atoms with E-state index in [2.05, 4.69) is 26.2 Å². The number of allylic oxidation sites excluding steroid dienone is 1. The van der Waals surface area contributed by atoms with Gasteiger partial charge in [-0.15, -0.1) is 0 Å². The number of carboxylic acid groups (broad SMARTS) is 1. The minimum Gasteiger partial charge on any atom is -0.464 e. The van der Waals surface area contributed by atoms with E-state index in [4.69, 9.17) is 0 Å². The third-order valence-corrected chi connectivity index (χ3v) is 3.56. The fraction of sp³-hybridized carbons (Fsp3) is 0.0769. The lowest BCUT2D eigenvalue weighted by Crippen LogP contribution is -2.56. The first kappa shape index (κ1) is 13.8. The summed E-state index contributed by atoms with van der Waals surface area (Å²) in [5.74, 6) is -0.481. The average molecular weight is 353 g/mol. The summed E-state index contributed by atoms with van der Waals surface area (Å²) in [5, 5.41) is 12.1. The van der Waals surface area contributed by atoms with Gasteiger partial charge in [-0.3, -0.25) is 0 Å². The zero-order chi connectivity index (χ0) is 15.0. The van der Waals surface area contributed by atoms with Gasteiger partial charge in [0, 0.05) is 16.7 Å². The van der Waals surface area contributed by atoms with Gasteiger partial charge >= 0.3 is 12.4 Å². The van der Waals surface area contributed by atoms with Crippen molar-refractivity contribution in [3.05, 3.63) is 52.7 Å². The maximum atomic E-state index is 13.9. The number of fused-ring (bicyclic) bond motifs is 1. The van der Waals surface area contributed by atoms with Gasteiger partial charge in [0.15, 0.2) is 0 Å². The molecule has 21 heavy (non-hydrogen) atoms. The molecule has 1 unspecified atom stereocenters. The normalized spacial score (nSPS) is 20.4. The van der Waals surface area contributed by atoms with Gasteiger partial charge in [0.05, 0.1) is 11.9 Å². The van der Waals surface area contributed by atoms with E-state index in [9.17, 15) is 14.3 Å². The molecule has 2 heterocycles. The van der Waals surface area contributed by atoms with E-state index in [-0.39, 0.29) is 5.69 Å². The summed E-state index contributed by atoms with van der Waals surface area (Å²) < 4.78 is 14.5. The Morgan fingerprint density at radius 1 is 1.52 bits per heavy atom. The molecule has 3 rings (SSSR count). The number of aliphatic imine (C=N–C) groups is 1. The summed E-state index contributed by atoms with van der Waals surface area (Å²) in [5.41, 5.74) is 0.923. The SMILES string of the molecule is O=C(O)N1C=CC2=CN=C[N+]2C1Nc1ccc(Br)cc1F. The summed E-state index contributed by atoms with van der Waals surface area (Å²) in [6, 6.07) is 4.51. The number of carbonyl (C=O) groups is 1. The van der Waals surface area contributed by atoms with Crippen molar-refractivity contribution in [2.24, 2.45) is 4.99 Å². The van der Waals surface area contributed by atoms with E-state index >= 15 is 0 Å². The Balaban J connectivity index is 1.93. The highest BCUT2D eigenvalue weighted by Crippen LogP contribution is 2.25. The van der Waals surface area contributed by atoms with Crippen LogP contribution in [0.2, 0.25) is 0 Å². The summed E-state index contributed by atoms with van der Waals surface area (Å²) in [4.78, 5) is 17.9. The van der Waals surface area contributed by atoms with Crippen LogP contribution in [0.3, 0.4) is 0 Å². The second-order valence-corrected chi connectivity index (χ2v) is 5.29. The molecule has 1 radical (unpaired) electrons. The van der Waals surface area contributed by atoms with Crippen molar-refractivity contribution in [2.45, 2.75) is 6.29 Å². The van der Waals surface area contributed by atoms with Crippen LogP contribution in [0, 0.1) is 5.82 Å². The summed E-state index contributed by atoms with van der Waals surface area (Å²) in [7, 11) is 0. The summed E-state index contributed by atoms with van der Waals surface area (Å²) in [6.45, 7) is 0. The number of hydrogen-bond acceptors (Lipinski definition) is 4. The predicted molar refractivity (Wildman–Crippen MR) is 79.2 cm³/mol. The quantitative estimate of drug-likeness (QED) is 0.804. The van der Waals surface area contributed by atoms with Crippen LogP contribution in [-0.2, 0) is 0 Å². The van der Waals surface area contributed by atoms with Crippen LogP contribution >= 0.6 is 15.9 Å². The Labute approximate surface area is 128 Å². The molecule has 1 aromatic rings. The first-order chi connectivity index (χ1) is 10.1. The molecule has 0 aromatic heterocycles. The molecule has 0 aliphatic carbocycles. The van der Waals surface area contributed by atoms with Crippen molar-refractivity contribution in [2.75, 3.05) is 5.32 Å². The number of amides is 1. The smallest absolute Gasteiger partial charge is 0.417 e. The second kappa shape index (κ2) is 5.30. The van der Waals surface area contributed by atoms with E-state index in [1.54, 1.807) is 23.2 Å². The fourth-order valence-electron chi connectivity index (χ4n) is 2.07. The Morgan fingerprint density at radius 3 is 3.05 bits per heavy atom. The predicted octanol–water partition coefficient (Wildman–Crippen LogP) is 2.81. The second-order valence-electron chi connectivity index (χ2n) is 4.37. The van der Waals surface area contributed by atoms with Crippen molar-refractivity contribution < 1.29 is 14.3 Å². The van der Waals surface area contributed by atoms with Crippen LogP contribution in [-0.4, -0.2) is 28.7 Å². The lowest BCUT2D eigenvalue weighted by molar-refractivity contribution is 0.140. The zero-order valence-electron chi connectivity index (χ0n) is 10.6. The van der Waals surface area contributed by atoms with Crippen molar-refractivity contribution in [3.63, 3.8) is 0 Å². The van der Waals surface area contributed by atoms with Crippen molar-refractivity contribution in [1.29, 1.82) is 0 Å². The van der Waals surface area contributed by atoms with E-state index in [0.717, 1.165) is 10.6 Å². The highest BCUT2D eigenvalue weighted by molar-refractivity contribution is 9.10. The third kappa shape index (κ3) is 2.55. The molecule has 1 amide bonds. The number of nitrogens with one attached hydrogen (secondary N) is 1. The molecular weight excluding hydrogens is 343 g/mol. The average Bonchev–Trinajstić information content (AvgIpc) is 2.90. The first-order valence-corrected chi connectivity index (χ1v) is 6.78. The van der Waals surface area contributed by atoms with Gasteiger partial charge in [-0.2, -0.15) is 0 Å². The van der Waals surface area contributed by atoms with E-state index in [1.807, 2.05) is 0 Å². The van der Waals surface area contributed by atoms with Crippen molar-refractivity contribution in [1.82, 2.24) is 9.80 Å². The van der Waals surface area contributed by atoms with Gasteiger partial charge in [-0.05, 0) is 23.1 Å². The van der Waals surface area contributed by atoms with Crippen LogP contribution in [0.1, 0.15) is 0 Å². The Hall–Kier alpha value is -2.19. The molecular formula is C13H10BrFN4O2+. The highest BCUT2D eigenvalue weighted by atomic mass is 79.9. The van der Waals surface area contributed by atoms with Gasteiger partial charge in [0.25, 0.3) is 0 Å². The zero-order valence-corrected chi connectivity index (χ0v) is 12.2. The molecule has 0 saturated carbocycles. The maximum absolute atomic E-state index is 13.9. The highest BCUT2D eigenvalue weighted by Gasteiger charge is 2.43. The number of nitrogens with zero attached hydrogens (tertiary/aromatic N) is 3. The lowest BCUT2D eigenvalue weighted by Gasteiger charge is -2.28. The minimum absolute atomic E-state index is 0.199. The molecule has 6 nitrogen and oxygen atoms in total. The molecule has 0 saturated heterocycles. The monoisotopic (exact) mass is 352 g/mol. The Morgan fingerprint density at radius 2 is 2.33 bits per heavy atom. The van der Waals surface area contributed by atoms with E-state index in [0.29, 0.717) is 4.47 Å². The molecule has 0 fully saturated rings. The number of anilines is 1. The molecule has 107 valence electrons. The van der Waals surface area contributed by atoms with Gasteiger partial charge in [0.2, 0.25) is 12.0 Å². The molecule has 2 aliphatic heterocycles. The van der Waals surface area contributed by atoms with Crippen LogP contribution in [0.5, 0.6) is 0 Å². The molecule has 2 aliphatic rings. The van der Waals surface area contributed by atoms with Gasteiger partial charge in [-0.25, -0.2) is 19.1 Å². The van der Waals surface area contributed by atoms with Gasteiger partial charge < -0.3 is 10.4 Å². The van der Waals surface area contributed by atoms with Crippen LogP contribution in [0.25, 0.3) is 0 Å². The van der Waals surface area contributed by atoms with Gasteiger partial charge in [0.1, 0.15) is 5.82 Å². The van der Waals surface area contributed by atoms with Crippen LogP contribution in [0.4, 0.5) is 14.9 Å². The molecule has 0 spiro atoms. The van der Waals surface area contributed by atoms with E-state index in [1.165, 1.54) is 24.7 Å². The first-order valence-electron chi connectivity index (χ1n) is 5.99. The van der Waals surface area contributed by atoms with Crippen LogP contribution in [0.15, 0.2) is 51.8 Å². The maximum Gasteiger partial charge on any atom is 0.417 e. The number of halogens is 2. The minimum atomic E-state index is -1.15.